The number of nitrogens with zero attached hydrogens (tertiary/aromatic N) is 2. The molecule has 0 unspecified atom stereocenters. The predicted molar refractivity (Wildman–Crippen MR) is 74.3 cm³/mol. The zero-order valence-corrected chi connectivity index (χ0v) is 10.2. The number of aromatic nitrogens is 2. The van der Waals surface area contributed by atoms with E-state index in [9.17, 15) is 0 Å². The van der Waals surface area contributed by atoms with E-state index in [0.29, 0.717) is 11.0 Å². The Bertz CT molecular complexity index is 697. The van der Waals surface area contributed by atoms with Crippen molar-refractivity contribution in [3.63, 3.8) is 0 Å². The lowest BCUT2D eigenvalue weighted by Crippen LogP contribution is -1.94. The van der Waals surface area contributed by atoms with Crippen molar-refractivity contribution < 1.29 is 0 Å². The van der Waals surface area contributed by atoms with Gasteiger partial charge in [-0.25, -0.2) is 4.98 Å². The van der Waals surface area contributed by atoms with Crippen LogP contribution in [-0.2, 0) is 0 Å². The van der Waals surface area contributed by atoms with Gasteiger partial charge in [-0.2, -0.15) is 0 Å². The molecular formula is C14H10ClN3. The molecule has 0 saturated carbocycles. The molecule has 1 aromatic heterocycles. The highest BCUT2D eigenvalue weighted by Gasteiger charge is 1.99. The second-order valence-corrected chi connectivity index (χ2v) is 4.30. The van der Waals surface area contributed by atoms with Gasteiger partial charge in [-0.3, -0.25) is 4.98 Å². The predicted octanol–water partition coefficient (Wildman–Crippen LogP) is 4.03. The first kappa shape index (κ1) is 11.0. The smallest absolute Gasteiger partial charge is 0.150 e. The fourth-order valence-electron chi connectivity index (χ4n) is 1.82. The molecule has 3 rings (SSSR count). The molecule has 0 bridgehead atoms. The van der Waals surface area contributed by atoms with E-state index < -0.39 is 0 Å². The Kier molecular flexibility index (Phi) is 2.82. The highest BCUT2D eigenvalue weighted by molar-refractivity contribution is 6.29. The van der Waals surface area contributed by atoms with Crippen LogP contribution in [0.3, 0.4) is 0 Å². The first-order chi connectivity index (χ1) is 8.81. The number of hydrogen-bond acceptors (Lipinski definition) is 3. The molecule has 88 valence electrons. The van der Waals surface area contributed by atoms with Crippen LogP contribution in [0.15, 0.2) is 54.9 Å². The van der Waals surface area contributed by atoms with Crippen molar-refractivity contribution in [1.29, 1.82) is 0 Å². The molecule has 0 fully saturated rings. The fourth-order valence-corrected chi connectivity index (χ4v) is 1.96. The van der Waals surface area contributed by atoms with Crippen LogP contribution in [0.5, 0.6) is 0 Å². The van der Waals surface area contributed by atoms with Gasteiger partial charge in [0.05, 0.1) is 12.4 Å². The molecule has 1 heterocycles. The molecule has 2 aromatic carbocycles. The van der Waals surface area contributed by atoms with Crippen LogP contribution < -0.4 is 5.32 Å². The van der Waals surface area contributed by atoms with E-state index >= 15 is 0 Å². The van der Waals surface area contributed by atoms with E-state index in [4.69, 9.17) is 11.6 Å². The summed E-state index contributed by atoms with van der Waals surface area (Å²) in [6, 6.07) is 14.3. The van der Waals surface area contributed by atoms with Crippen molar-refractivity contribution in [2.45, 2.75) is 0 Å². The summed E-state index contributed by atoms with van der Waals surface area (Å²) in [6.07, 6.45) is 3.15. The lowest BCUT2D eigenvalue weighted by molar-refractivity contribution is 1.20. The average Bonchev–Trinajstić information content (AvgIpc) is 2.39. The van der Waals surface area contributed by atoms with Gasteiger partial charge in [0.2, 0.25) is 0 Å². The maximum atomic E-state index is 5.79. The molecular weight excluding hydrogens is 246 g/mol. The third kappa shape index (κ3) is 2.26. The van der Waals surface area contributed by atoms with E-state index in [-0.39, 0.29) is 0 Å². The zero-order chi connectivity index (χ0) is 12.4. The molecule has 0 aliphatic rings. The number of fused-ring (bicyclic) bond motifs is 1. The Morgan fingerprint density at radius 3 is 2.61 bits per heavy atom. The van der Waals surface area contributed by atoms with E-state index in [0.717, 1.165) is 5.69 Å². The van der Waals surface area contributed by atoms with Crippen LogP contribution in [0, 0.1) is 0 Å². The highest BCUT2D eigenvalue weighted by atomic mass is 35.5. The summed E-state index contributed by atoms with van der Waals surface area (Å²) in [4.78, 5) is 8.13. The highest BCUT2D eigenvalue weighted by Crippen LogP contribution is 2.21. The first-order valence-corrected chi connectivity index (χ1v) is 5.92. The van der Waals surface area contributed by atoms with E-state index in [1.807, 2.05) is 18.2 Å². The number of nitrogens with one attached hydrogen (secondary N) is 1. The Hall–Kier alpha value is -2.13. The monoisotopic (exact) mass is 255 g/mol. The molecule has 0 amide bonds. The van der Waals surface area contributed by atoms with Crippen molar-refractivity contribution in [3.05, 3.63) is 60.0 Å². The molecule has 0 atom stereocenters. The number of anilines is 2. The molecule has 1 N–H and O–H groups in total. The molecule has 0 aliphatic carbocycles. The second-order valence-electron chi connectivity index (χ2n) is 3.91. The standard InChI is InChI=1S/C14H10ClN3/c15-13-8-16-9-14(18-13)17-12-6-5-10-3-1-2-4-11(10)7-12/h1-9H,(H,17,18). The second kappa shape index (κ2) is 4.63. The summed E-state index contributed by atoms with van der Waals surface area (Å²) in [6.45, 7) is 0. The number of hydrogen-bond donors (Lipinski definition) is 1. The van der Waals surface area contributed by atoms with Crippen molar-refractivity contribution in [1.82, 2.24) is 9.97 Å². The van der Waals surface area contributed by atoms with Gasteiger partial charge in [0.15, 0.2) is 5.82 Å². The van der Waals surface area contributed by atoms with Gasteiger partial charge in [-0.1, -0.05) is 41.9 Å². The summed E-state index contributed by atoms with van der Waals surface area (Å²) in [7, 11) is 0. The SMILES string of the molecule is Clc1cncc(Nc2ccc3ccccc3c2)n1. The molecule has 0 spiro atoms. The average molecular weight is 256 g/mol. The number of halogens is 1. The summed E-state index contributed by atoms with van der Waals surface area (Å²) in [5.74, 6) is 0.637. The maximum Gasteiger partial charge on any atom is 0.150 e. The van der Waals surface area contributed by atoms with Gasteiger partial charge in [0.25, 0.3) is 0 Å². The molecule has 3 aromatic rings. The Morgan fingerprint density at radius 2 is 1.78 bits per heavy atom. The van der Waals surface area contributed by atoms with Crippen molar-refractivity contribution >= 4 is 33.9 Å². The third-order valence-corrected chi connectivity index (χ3v) is 2.81. The maximum absolute atomic E-state index is 5.79. The summed E-state index contributed by atoms with van der Waals surface area (Å²) < 4.78 is 0. The van der Waals surface area contributed by atoms with Gasteiger partial charge in [0, 0.05) is 5.69 Å². The largest absolute Gasteiger partial charge is 0.339 e. The molecule has 3 nitrogen and oxygen atoms in total. The lowest BCUT2D eigenvalue weighted by Gasteiger charge is -2.06. The van der Waals surface area contributed by atoms with Crippen LogP contribution in [0.1, 0.15) is 0 Å². The number of rotatable bonds is 2. The zero-order valence-electron chi connectivity index (χ0n) is 9.47. The van der Waals surface area contributed by atoms with Crippen LogP contribution in [-0.4, -0.2) is 9.97 Å². The molecule has 0 radical (unpaired) electrons. The van der Waals surface area contributed by atoms with Crippen molar-refractivity contribution in [2.24, 2.45) is 0 Å². The summed E-state index contributed by atoms with van der Waals surface area (Å²) in [5, 5.41) is 5.94. The van der Waals surface area contributed by atoms with Crippen LogP contribution in [0.25, 0.3) is 10.8 Å². The van der Waals surface area contributed by atoms with Crippen LogP contribution in [0.4, 0.5) is 11.5 Å². The van der Waals surface area contributed by atoms with E-state index in [2.05, 4.69) is 39.6 Å². The Labute approximate surface area is 109 Å². The molecule has 18 heavy (non-hydrogen) atoms. The number of benzene rings is 2. The normalized spacial score (nSPS) is 10.5. The topological polar surface area (TPSA) is 37.8 Å². The van der Waals surface area contributed by atoms with Crippen LogP contribution >= 0.6 is 11.6 Å². The van der Waals surface area contributed by atoms with E-state index in [1.54, 1.807) is 6.20 Å². The van der Waals surface area contributed by atoms with E-state index in [1.165, 1.54) is 17.0 Å². The molecule has 4 heteroatoms. The first-order valence-electron chi connectivity index (χ1n) is 5.55. The summed E-state index contributed by atoms with van der Waals surface area (Å²) >= 11 is 5.79. The van der Waals surface area contributed by atoms with Gasteiger partial charge in [-0.15, -0.1) is 0 Å². The lowest BCUT2D eigenvalue weighted by atomic mass is 10.1. The minimum Gasteiger partial charge on any atom is -0.339 e. The minimum absolute atomic E-state index is 0.376. The van der Waals surface area contributed by atoms with Gasteiger partial charge in [0.1, 0.15) is 5.15 Å². The fraction of sp³-hybridized carbons (Fsp3) is 0. The molecule has 0 aliphatic heterocycles. The van der Waals surface area contributed by atoms with Gasteiger partial charge < -0.3 is 5.32 Å². The van der Waals surface area contributed by atoms with Crippen LogP contribution in [0.2, 0.25) is 5.15 Å². The Balaban J connectivity index is 1.95. The molecule has 0 saturated heterocycles. The van der Waals surface area contributed by atoms with Gasteiger partial charge >= 0.3 is 0 Å². The third-order valence-electron chi connectivity index (χ3n) is 2.63. The Morgan fingerprint density at radius 1 is 0.944 bits per heavy atom. The minimum atomic E-state index is 0.376. The quantitative estimate of drug-likeness (QED) is 0.751. The van der Waals surface area contributed by atoms with Crippen molar-refractivity contribution in [2.75, 3.05) is 5.32 Å². The summed E-state index contributed by atoms with van der Waals surface area (Å²) in [5.41, 5.74) is 0.963. The van der Waals surface area contributed by atoms with Gasteiger partial charge in [-0.05, 0) is 22.9 Å². The van der Waals surface area contributed by atoms with Crippen molar-refractivity contribution in [3.8, 4) is 0 Å².